The zero-order valence-electron chi connectivity index (χ0n) is 19.9. The highest BCUT2D eigenvalue weighted by Gasteiger charge is 2.30. The predicted molar refractivity (Wildman–Crippen MR) is 135 cm³/mol. The lowest BCUT2D eigenvalue weighted by atomic mass is 9.81. The number of aromatic nitrogens is 1. The van der Waals surface area contributed by atoms with Crippen LogP contribution < -0.4 is 16.4 Å². The molecular weight excluding hydrogens is 448 g/mol. The fourth-order valence-corrected chi connectivity index (χ4v) is 6.13. The Labute approximate surface area is 204 Å². The third-order valence-electron chi connectivity index (χ3n) is 7.18. The summed E-state index contributed by atoms with van der Waals surface area (Å²) < 4.78 is 0. The first-order valence-corrected chi connectivity index (χ1v) is 13.1. The maximum Gasteiger partial charge on any atom is 0.227 e. The number of hydrogen-bond donors (Lipinski definition) is 3. The lowest BCUT2D eigenvalue weighted by molar-refractivity contribution is -0.127. The van der Waals surface area contributed by atoms with Crippen LogP contribution in [0.3, 0.4) is 0 Å². The van der Waals surface area contributed by atoms with Crippen molar-refractivity contribution in [3.63, 3.8) is 0 Å². The number of nitrogens with two attached hydrogens (primary N) is 1. The average molecular weight is 483 g/mol. The van der Waals surface area contributed by atoms with Gasteiger partial charge in [0.25, 0.3) is 0 Å². The molecule has 182 valence electrons. The van der Waals surface area contributed by atoms with Crippen LogP contribution >= 0.6 is 11.3 Å². The van der Waals surface area contributed by atoms with Crippen molar-refractivity contribution in [2.24, 2.45) is 23.5 Å². The lowest BCUT2D eigenvalue weighted by Crippen LogP contribution is -2.36. The number of pyridine rings is 1. The van der Waals surface area contributed by atoms with Gasteiger partial charge >= 0.3 is 0 Å². The van der Waals surface area contributed by atoms with Gasteiger partial charge in [0.05, 0.1) is 22.3 Å². The third kappa shape index (κ3) is 5.39. The van der Waals surface area contributed by atoms with Crippen LogP contribution in [0.25, 0.3) is 11.3 Å². The molecule has 0 saturated heterocycles. The zero-order chi connectivity index (χ0) is 24.2. The molecule has 0 unspecified atom stereocenters. The topological polar surface area (TPSA) is 114 Å². The Kier molecular flexibility index (Phi) is 7.78. The highest BCUT2D eigenvalue weighted by Crippen LogP contribution is 2.39. The molecule has 4 rings (SSSR count). The minimum Gasteiger partial charge on any atom is -0.348 e. The minimum absolute atomic E-state index is 0.00277. The number of carbonyl (C=O) groups is 3. The van der Waals surface area contributed by atoms with E-state index in [2.05, 4.69) is 15.6 Å². The maximum atomic E-state index is 13.2. The van der Waals surface area contributed by atoms with E-state index in [0.717, 1.165) is 37.0 Å². The quantitative estimate of drug-likeness (QED) is 0.547. The summed E-state index contributed by atoms with van der Waals surface area (Å²) in [5.74, 6) is 0.313. The summed E-state index contributed by atoms with van der Waals surface area (Å²) in [6, 6.07) is 5.37. The van der Waals surface area contributed by atoms with Gasteiger partial charge in [-0.15, -0.1) is 11.3 Å². The first-order valence-electron chi connectivity index (χ1n) is 12.3. The van der Waals surface area contributed by atoms with E-state index in [4.69, 9.17) is 5.73 Å². The number of hydrogen-bond acceptors (Lipinski definition) is 6. The van der Waals surface area contributed by atoms with Gasteiger partial charge in [0.2, 0.25) is 11.8 Å². The van der Waals surface area contributed by atoms with E-state index in [1.54, 1.807) is 19.2 Å². The van der Waals surface area contributed by atoms with Crippen molar-refractivity contribution in [3.8, 4) is 11.3 Å². The highest BCUT2D eigenvalue weighted by atomic mass is 32.1. The van der Waals surface area contributed by atoms with Crippen LogP contribution in [-0.2, 0) is 9.59 Å². The zero-order valence-corrected chi connectivity index (χ0v) is 20.7. The van der Waals surface area contributed by atoms with Crippen molar-refractivity contribution >= 4 is 34.6 Å². The first-order chi connectivity index (χ1) is 16.4. The van der Waals surface area contributed by atoms with Gasteiger partial charge in [-0.1, -0.05) is 13.3 Å². The van der Waals surface area contributed by atoms with Crippen LogP contribution in [0, 0.1) is 17.8 Å². The molecule has 0 spiro atoms. The van der Waals surface area contributed by atoms with Crippen LogP contribution in [0.4, 0.5) is 5.69 Å². The van der Waals surface area contributed by atoms with Crippen molar-refractivity contribution < 1.29 is 14.4 Å². The molecule has 2 atom stereocenters. The summed E-state index contributed by atoms with van der Waals surface area (Å²) >= 11 is 1.42. The number of nitrogens with zero attached hydrogens (tertiary/aromatic N) is 1. The summed E-state index contributed by atoms with van der Waals surface area (Å²) in [5.41, 5.74) is 7.71. The first kappa shape index (κ1) is 24.5. The number of fused-ring (bicyclic) bond motifs is 4. The summed E-state index contributed by atoms with van der Waals surface area (Å²) in [6.07, 6.45) is 7.60. The van der Waals surface area contributed by atoms with E-state index in [0.29, 0.717) is 47.1 Å². The van der Waals surface area contributed by atoms with Crippen LogP contribution in [0.5, 0.6) is 0 Å². The highest BCUT2D eigenvalue weighted by molar-refractivity contribution is 7.14. The van der Waals surface area contributed by atoms with E-state index in [-0.39, 0.29) is 35.5 Å². The molecular formula is C26H34N4O3S. The molecule has 3 heterocycles. The number of ketones is 1. The fourth-order valence-electron chi connectivity index (χ4n) is 4.99. The maximum absolute atomic E-state index is 13.2. The largest absolute Gasteiger partial charge is 0.348 e. The second-order valence-corrected chi connectivity index (χ2v) is 10.8. The van der Waals surface area contributed by atoms with E-state index >= 15 is 0 Å². The van der Waals surface area contributed by atoms with Gasteiger partial charge in [0, 0.05) is 28.5 Å². The van der Waals surface area contributed by atoms with Crippen molar-refractivity contribution in [1.29, 1.82) is 0 Å². The Bertz CT molecular complexity index is 1060. The Hall–Kier alpha value is -2.58. The molecule has 0 aromatic carbocycles. The second-order valence-electron chi connectivity index (χ2n) is 9.68. The smallest absolute Gasteiger partial charge is 0.227 e. The molecule has 1 aliphatic heterocycles. The molecule has 2 aromatic rings. The molecule has 1 saturated carbocycles. The van der Waals surface area contributed by atoms with Gasteiger partial charge in [-0.2, -0.15) is 0 Å². The molecule has 2 aliphatic rings. The molecule has 2 bridgehead atoms. The Morgan fingerprint density at radius 1 is 1.21 bits per heavy atom. The SMILES string of the molecule is CC(=O)c1sc2cc1-c1ncccc1NC(=O)[C@H](C)CCC[C@@H]2NC(=O)[C@H]1CC[C@H](CN)CC1. The number of anilines is 1. The summed E-state index contributed by atoms with van der Waals surface area (Å²) in [6.45, 7) is 4.15. The van der Waals surface area contributed by atoms with Crippen molar-refractivity contribution in [2.75, 3.05) is 11.9 Å². The van der Waals surface area contributed by atoms with Crippen LogP contribution in [0.1, 0.15) is 79.4 Å². The molecule has 2 aromatic heterocycles. The molecule has 4 N–H and O–H groups in total. The van der Waals surface area contributed by atoms with Gasteiger partial charge < -0.3 is 16.4 Å². The van der Waals surface area contributed by atoms with Crippen molar-refractivity contribution in [3.05, 3.63) is 34.2 Å². The van der Waals surface area contributed by atoms with E-state index in [9.17, 15) is 14.4 Å². The summed E-state index contributed by atoms with van der Waals surface area (Å²) in [5, 5.41) is 6.29. The van der Waals surface area contributed by atoms with Gasteiger partial charge in [-0.05, 0) is 76.1 Å². The second kappa shape index (κ2) is 10.8. The Balaban J connectivity index is 1.67. The number of carbonyl (C=O) groups excluding carboxylic acids is 3. The number of thiophene rings is 1. The summed E-state index contributed by atoms with van der Waals surface area (Å²) in [7, 11) is 0. The normalized spacial score (nSPS) is 25.3. The van der Waals surface area contributed by atoms with E-state index in [1.807, 2.05) is 19.1 Å². The molecule has 7 nitrogen and oxygen atoms in total. The minimum atomic E-state index is -0.196. The molecule has 0 radical (unpaired) electrons. The van der Waals surface area contributed by atoms with Gasteiger partial charge in [0.15, 0.2) is 5.78 Å². The molecule has 2 amide bonds. The van der Waals surface area contributed by atoms with Crippen LogP contribution in [-0.4, -0.2) is 29.1 Å². The van der Waals surface area contributed by atoms with E-state index in [1.165, 1.54) is 11.3 Å². The molecule has 1 aliphatic carbocycles. The van der Waals surface area contributed by atoms with E-state index < -0.39 is 0 Å². The number of Topliss-reactive ketones (excluding diaryl/α,β-unsaturated/α-hetero) is 1. The van der Waals surface area contributed by atoms with Gasteiger partial charge in [0.1, 0.15) is 0 Å². The molecule has 34 heavy (non-hydrogen) atoms. The van der Waals surface area contributed by atoms with Gasteiger partial charge in [-0.3, -0.25) is 19.4 Å². The monoisotopic (exact) mass is 482 g/mol. The number of nitrogens with one attached hydrogen (secondary N) is 2. The standard InChI is InChI=1S/C26H34N4O3S/c1-15-5-3-6-20(29-26(33)18-10-8-17(14-27)9-11-18)22-13-19(24(34-22)16(2)31)23-21(30-25(15)32)7-4-12-28-23/h4,7,12-13,15,17-18,20H,3,5-6,8-11,14,27H2,1-2H3,(H,29,33)(H,30,32)/t15-,17-,18-,20+/m1/s1. The average Bonchev–Trinajstić information content (AvgIpc) is 3.28. The fraction of sp³-hybridized carbons (Fsp3) is 0.538. The van der Waals surface area contributed by atoms with Crippen LogP contribution in [0.2, 0.25) is 0 Å². The van der Waals surface area contributed by atoms with Crippen LogP contribution in [0.15, 0.2) is 24.4 Å². The number of rotatable bonds is 4. The molecule has 1 fully saturated rings. The van der Waals surface area contributed by atoms with Gasteiger partial charge in [-0.25, -0.2) is 0 Å². The Morgan fingerprint density at radius 2 is 1.97 bits per heavy atom. The lowest BCUT2D eigenvalue weighted by Gasteiger charge is -2.28. The van der Waals surface area contributed by atoms with Crippen molar-refractivity contribution in [1.82, 2.24) is 10.3 Å². The number of amides is 2. The molecule has 8 heteroatoms. The van der Waals surface area contributed by atoms with Crippen molar-refractivity contribution in [2.45, 2.75) is 64.8 Å². The predicted octanol–water partition coefficient (Wildman–Crippen LogP) is 4.69. The Morgan fingerprint density at radius 3 is 2.68 bits per heavy atom. The summed E-state index contributed by atoms with van der Waals surface area (Å²) in [4.78, 5) is 44.6. The third-order valence-corrected chi connectivity index (χ3v) is 8.53.